The van der Waals surface area contributed by atoms with Crippen molar-refractivity contribution in [1.82, 2.24) is 4.90 Å². The van der Waals surface area contributed by atoms with Crippen LogP contribution < -0.4 is 10.1 Å². The van der Waals surface area contributed by atoms with Crippen LogP contribution in [-0.4, -0.2) is 42.3 Å². The normalized spacial score (nSPS) is 27.2. The first kappa shape index (κ1) is 11.7. The third kappa shape index (κ3) is 2.01. The van der Waals surface area contributed by atoms with Crippen molar-refractivity contribution in [3.63, 3.8) is 0 Å². The summed E-state index contributed by atoms with van der Waals surface area (Å²) in [5.41, 5.74) is 0.979. The number of nitrogens with zero attached hydrogens (tertiary/aromatic N) is 1. The number of hydrogen-bond acceptors (Lipinski definition) is 4. The number of ether oxygens (including phenoxy) is 1. The minimum Gasteiger partial charge on any atom is -0.504 e. The van der Waals surface area contributed by atoms with Gasteiger partial charge in [0.25, 0.3) is 0 Å². The molecule has 0 radical (unpaired) electrons. The Balaban J connectivity index is 1.71. The van der Waals surface area contributed by atoms with Gasteiger partial charge in [0.05, 0.1) is 7.11 Å². The fraction of sp³-hybridized carbons (Fsp3) is 0.571. The largest absolute Gasteiger partial charge is 0.504 e. The molecule has 0 aromatic heterocycles. The second kappa shape index (κ2) is 4.69. The lowest BCUT2D eigenvalue weighted by Gasteiger charge is -2.22. The average molecular weight is 248 g/mol. The number of fused-ring (bicyclic) bond motifs is 1. The van der Waals surface area contributed by atoms with E-state index in [1.165, 1.54) is 32.4 Å². The van der Waals surface area contributed by atoms with E-state index in [4.69, 9.17) is 4.74 Å². The summed E-state index contributed by atoms with van der Waals surface area (Å²) in [4.78, 5) is 2.57. The van der Waals surface area contributed by atoms with Crippen LogP contribution in [0.5, 0.6) is 11.5 Å². The highest BCUT2D eigenvalue weighted by Gasteiger charge is 2.36. The minimum atomic E-state index is 0.198. The van der Waals surface area contributed by atoms with Crippen LogP contribution in [0.4, 0.5) is 5.69 Å². The van der Waals surface area contributed by atoms with Gasteiger partial charge in [0.2, 0.25) is 0 Å². The van der Waals surface area contributed by atoms with Gasteiger partial charge in [-0.2, -0.15) is 0 Å². The number of methoxy groups -OCH3 is 1. The maximum Gasteiger partial charge on any atom is 0.160 e. The number of benzene rings is 1. The number of anilines is 1. The zero-order valence-corrected chi connectivity index (χ0v) is 10.7. The maximum atomic E-state index is 9.78. The van der Waals surface area contributed by atoms with Gasteiger partial charge in [-0.25, -0.2) is 0 Å². The number of hydrogen-bond donors (Lipinski definition) is 2. The fourth-order valence-electron chi connectivity index (χ4n) is 3.24. The van der Waals surface area contributed by atoms with Crippen molar-refractivity contribution in [1.29, 1.82) is 0 Å². The average Bonchev–Trinajstić information content (AvgIpc) is 2.94. The van der Waals surface area contributed by atoms with Crippen molar-refractivity contribution >= 4 is 5.69 Å². The highest BCUT2D eigenvalue weighted by molar-refractivity contribution is 5.54. The first-order valence-electron chi connectivity index (χ1n) is 6.65. The molecule has 4 nitrogen and oxygen atoms in total. The predicted molar refractivity (Wildman–Crippen MR) is 71.3 cm³/mol. The molecule has 0 spiro atoms. The van der Waals surface area contributed by atoms with Crippen LogP contribution >= 0.6 is 0 Å². The summed E-state index contributed by atoms with van der Waals surface area (Å²) >= 11 is 0. The van der Waals surface area contributed by atoms with Crippen molar-refractivity contribution in [3.8, 4) is 11.5 Å². The van der Waals surface area contributed by atoms with Gasteiger partial charge in [0.1, 0.15) is 0 Å². The molecule has 98 valence electrons. The summed E-state index contributed by atoms with van der Waals surface area (Å²) in [6.07, 6.45) is 3.80. The topological polar surface area (TPSA) is 44.7 Å². The molecule has 1 aromatic carbocycles. The van der Waals surface area contributed by atoms with Crippen molar-refractivity contribution in [2.24, 2.45) is 0 Å². The van der Waals surface area contributed by atoms with E-state index in [1.54, 1.807) is 19.2 Å². The highest BCUT2D eigenvalue weighted by atomic mass is 16.5. The Morgan fingerprint density at radius 2 is 2.22 bits per heavy atom. The summed E-state index contributed by atoms with van der Waals surface area (Å²) in [5.74, 6) is 0.721. The summed E-state index contributed by atoms with van der Waals surface area (Å²) < 4.78 is 5.05. The summed E-state index contributed by atoms with van der Waals surface area (Å²) in [7, 11) is 1.57. The van der Waals surface area contributed by atoms with Crippen molar-refractivity contribution < 1.29 is 9.84 Å². The molecule has 2 saturated heterocycles. The lowest BCUT2D eigenvalue weighted by atomic mass is 10.1. The fourth-order valence-corrected chi connectivity index (χ4v) is 3.24. The Bertz CT molecular complexity index is 436. The molecule has 0 amide bonds. The van der Waals surface area contributed by atoms with E-state index in [-0.39, 0.29) is 5.75 Å². The Morgan fingerprint density at radius 1 is 1.33 bits per heavy atom. The van der Waals surface area contributed by atoms with Crippen molar-refractivity contribution in [2.45, 2.75) is 31.3 Å². The maximum absolute atomic E-state index is 9.78. The van der Waals surface area contributed by atoms with Crippen LogP contribution in [0.25, 0.3) is 0 Å². The Hall–Kier alpha value is -1.42. The van der Waals surface area contributed by atoms with Crippen LogP contribution in [0.1, 0.15) is 19.3 Å². The number of aromatic hydroxyl groups is 1. The predicted octanol–water partition coefficient (Wildman–Crippen LogP) is 2.05. The molecule has 2 atom stereocenters. The third-order valence-corrected chi connectivity index (χ3v) is 4.14. The molecule has 2 aliphatic rings. The Labute approximate surface area is 108 Å². The molecule has 4 heteroatoms. The zero-order chi connectivity index (χ0) is 12.5. The van der Waals surface area contributed by atoms with Gasteiger partial charge in [0, 0.05) is 30.4 Å². The van der Waals surface area contributed by atoms with Gasteiger partial charge < -0.3 is 15.2 Å². The molecule has 2 unspecified atom stereocenters. The highest BCUT2D eigenvalue weighted by Crippen LogP contribution is 2.33. The lowest BCUT2D eigenvalue weighted by molar-refractivity contribution is 0.318. The van der Waals surface area contributed by atoms with E-state index in [0.29, 0.717) is 17.8 Å². The number of phenolic OH excluding ortho intramolecular Hbond substituents is 1. The van der Waals surface area contributed by atoms with Gasteiger partial charge in [-0.15, -0.1) is 0 Å². The first-order valence-corrected chi connectivity index (χ1v) is 6.65. The van der Waals surface area contributed by atoms with Gasteiger partial charge in [-0.05, 0) is 37.9 Å². The van der Waals surface area contributed by atoms with Crippen molar-refractivity contribution in [3.05, 3.63) is 18.2 Å². The number of rotatable bonds is 3. The summed E-state index contributed by atoms with van der Waals surface area (Å²) in [5, 5.41) is 13.3. The van der Waals surface area contributed by atoms with E-state index in [2.05, 4.69) is 10.2 Å². The second-order valence-electron chi connectivity index (χ2n) is 5.17. The van der Waals surface area contributed by atoms with Crippen LogP contribution in [0.15, 0.2) is 18.2 Å². The van der Waals surface area contributed by atoms with E-state index >= 15 is 0 Å². The molecule has 2 heterocycles. The van der Waals surface area contributed by atoms with Gasteiger partial charge in [-0.3, -0.25) is 4.90 Å². The third-order valence-electron chi connectivity index (χ3n) is 4.14. The minimum absolute atomic E-state index is 0.198. The van der Waals surface area contributed by atoms with E-state index in [0.717, 1.165) is 5.69 Å². The molecule has 0 aliphatic carbocycles. The molecular formula is C14H20N2O2. The Kier molecular flexibility index (Phi) is 3.04. The molecule has 0 bridgehead atoms. The number of phenols is 1. The monoisotopic (exact) mass is 248 g/mol. The Morgan fingerprint density at radius 3 is 3.00 bits per heavy atom. The first-order chi connectivity index (χ1) is 8.78. The standard InChI is InChI=1S/C14H20N2O2/c1-18-14-5-4-10(9-13(14)17)15-11-6-8-16-7-2-3-12(11)16/h4-5,9,11-12,15,17H,2-3,6-8H2,1H3. The van der Waals surface area contributed by atoms with Crippen LogP contribution in [0.2, 0.25) is 0 Å². The van der Waals surface area contributed by atoms with Gasteiger partial charge >= 0.3 is 0 Å². The van der Waals surface area contributed by atoms with Crippen molar-refractivity contribution in [2.75, 3.05) is 25.5 Å². The lowest BCUT2D eigenvalue weighted by Crippen LogP contribution is -2.33. The van der Waals surface area contributed by atoms with E-state index < -0.39 is 0 Å². The smallest absolute Gasteiger partial charge is 0.160 e. The zero-order valence-electron chi connectivity index (χ0n) is 10.7. The molecule has 2 aliphatic heterocycles. The molecule has 0 saturated carbocycles. The molecular weight excluding hydrogens is 228 g/mol. The summed E-state index contributed by atoms with van der Waals surface area (Å²) in [6, 6.07) is 6.71. The van der Waals surface area contributed by atoms with E-state index in [1.807, 2.05) is 6.07 Å². The quantitative estimate of drug-likeness (QED) is 0.859. The SMILES string of the molecule is COc1ccc(NC2CCN3CCCC23)cc1O. The summed E-state index contributed by atoms with van der Waals surface area (Å²) in [6.45, 7) is 2.45. The van der Waals surface area contributed by atoms with Gasteiger partial charge in [-0.1, -0.05) is 0 Å². The molecule has 3 rings (SSSR count). The molecule has 2 N–H and O–H groups in total. The van der Waals surface area contributed by atoms with Gasteiger partial charge in [0.15, 0.2) is 11.5 Å². The van der Waals surface area contributed by atoms with Crippen LogP contribution in [0, 0.1) is 0 Å². The second-order valence-corrected chi connectivity index (χ2v) is 5.17. The molecule has 1 aromatic rings. The molecule has 2 fully saturated rings. The molecule has 18 heavy (non-hydrogen) atoms. The number of nitrogens with one attached hydrogen (secondary N) is 1. The van der Waals surface area contributed by atoms with E-state index in [9.17, 15) is 5.11 Å². The van der Waals surface area contributed by atoms with Crippen LogP contribution in [-0.2, 0) is 0 Å². The van der Waals surface area contributed by atoms with Crippen LogP contribution in [0.3, 0.4) is 0 Å².